The summed E-state index contributed by atoms with van der Waals surface area (Å²) in [5, 5.41) is 2.92. The third kappa shape index (κ3) is 4.45. The minimum Gasteiger partial charge on any atom is -0.368 e. The van der Waals surface area contributed by atoms with Crippen LogP contribution in [0, 0.1) is 17.5 Å². The normalized spacial score (nSPS) is 10.9. The lowest BCUT2D eigenvalue weighted by Gasteiger charge is -2.09. The van der Waals surface area contributed by atoms with Crippen molar-refractivity contribution >= 4 is 22.8 Å². The number of amides is 1. The minimum atomic E-state index is -0.922. The summed E-state index contributed by atoms with van der Waals surface area (Å²) >= 11 is 0. The van der Waals surface area contributed by atoms with Gasteiger partial charge in [0.15, 0.2) is 11.6 Å². The van der Waals surface area contributed by atoms with E-state index >= 15 is 0 Å². The zero-order chi connectivity index (χ0) is 22.0. The van der Waals surface area contributed by atoms with Gasteiger partial charge in [0.25, 0.3) is 5.91 Å². The van der Waals surface area contributed by atoms with Gasteiger partial charge in [-0.1, -0.05) is 24.3 Å². The summed E-state index contributed by atoms with van der Waals surface area (Å²) < 4.78 is 40.5. The van der Waals surface area contributed by atoms with Gasteiger partial charge in [-0.15, -0.1) is 0 Å². The van der Waals surface area contributed by atoms with Gasteiger partial charge in [-0.25, -0.2) is 23.1 Å². The van der Waals surface area contributed by atoms with Crippen molar-refractivity contribution in [2.24, 2.45) is 0 Å². The van der Waals surface area contributed by atoms with E-state index in [1.54, 1.807) is 18.2 Å². The van der Waals surface area contributed by atoms with Crippen molar-refractivity contribution in [3.05, 3.63) is 94.7 Å². The number of nitrogen functional groups attached to an aromatic ring is 1. The SMILES string of the molecule is Nc1nc(C(=O)NCc2cccc(Cc3ccc(F)c(F)c3)n2)c2cccc(F)c2n1. The average molecular weight is 423 g/mol. The van der Waals surface area contributed by atoms with E-state index in [0.29, 0.717) is 23.4 Å². The Morgan fingerprint density at radius 1 is 0.871 bits per heavy atom. The summed E-state index contributed by atoms with van der Waals surface area (Å²) in [5.74, 6) is -3.21. The highest BCUT2D eigenvalue weighted by Gasteiger charge is 2.16. The topological polar surface area (TPSA) is 93.8 Å². The number of para-hydroxylation sites is 1. The van der Waals surface area contributed by atoms with E-state index in [9.17, 15) is 18.0 Å². The van der Waals surface area contributed by atoms with Gasteiger partial charge in [-0.05, 0) is 35.9 Å². The first-order valence-corrected chi connectivity index (χ1v) is 9.29. The van der Waals surface area contributed by atoms with E-state index in [2.05, 4.69) is 20.3 Å². The molecule has 2 aromatic heterocycles. The summed E-state index contributed by atoms with van der Waals surface area (Å²) in [7, 11) is 0. The van der Waals surface area contributed by atoms with E-state index in [4.69, 9.17) is 5.73 Å². The van der Waals surface area contributed by atoms with Gasteiger partial charge in [0, 0.05) is 17.5 Å². The van der Waals surface area contributed by atoms with E-state index in [0.717, 1.165) is 12.1 Å². The van der Waals surface area contributed by atoms with Gasteiger partial charge >= 0.3 is 0 Å². The number of fused-ring (bicyclic) bond motifs is 1. The molecule has 4 aromatic rings. The molecular formula is C22H16F3N5O. The third-order valence-electron chi connectivity index (χ3n) is 4.57. The molecule has 0 saturated heterocycles. The van der Waals surface area contributed by atoms with Crippen LogP contribution in [0.5, 0.6) is 0 Å². The van der Waals surface area contributed by atoms with Crippen molar-refractivity contribution < 1.29 is 18.0 Å². The van der Waals surface area contributed by atoms with Crippen LogP contribution in [0.1, 0.15) is 27.4 Å². The number of nitrogens with one attached hydrogen (secondary N) is 1. The van der Waals surface area contributed by atoms with Crippen LogP contribution in [0.4, 0.5) is 19.1 Å². The second-order valence-electron chi connectivity index (χ2n) is 6.79. The number of carbonyl (C=O) groups excluding carboxylic acids is 1. The van der Waals surface area contributed by atoms with Crippen molar-refractivity contribution in [3.63, 3.8) is 0 Å². The number of carbonyl (C=O) groups is 1. The Morgan fingerprint density at radius 3 is 2.45 bits per heavy atom. The molecule has 2 aromatic carbocycles. The van der Waals surface area contributed by atoms with Crippen LogP contribution in [-0.4, -0.2) is 20.9 Å². The Labute approximate surface area is 175 Å². The summed E-state index contributed by atoms with van der Waals surface area (Å²) in [5.41, 5.74) is 7.28. The number of halogens is 3. The lowest BCUT2D eigenvalue weighted by molar-refractivity contribution is 0.0947. The predicted octanol–water partition coefficient (Wildman–Crippen LogP) is 3.55. The molecule has 1 amide bonds. The van der Waals surface area contributed by atoms with E-state index < -0.39 is 23.4 Å². The molecule has 0 fully saturated rings. The maximum atomic E-state index is 14.0. The average Bonchev–Trinajstić information content (AvgIpc) is 2.75. The van der Waals surface area contributed by atoms with Crippen LogP contribution in [0.2, 0.25) is 0 Å². The molecule has 0 aliphatic heterocycles. The summed E-state index contributed by atoms with van der Waals surface area (Å²) in [6.45, 7) is 0.0746. The maximum absolute atomic E-state index is 14.0. The monoisotopic (exact) mass is 423 g/mol. The molecule has 0 unspecified atom stereocenters. The molecule has 3 N–H and O–H groups in total. The van der Waals surface area contributed by atoms with Gasteiger partial charge in [0.1, 0.15) is 17.0 Å². The summed E-state index contributed by atoms with van der Waals surface area (Å²) in [6, 6.07) is 13.1. The van der Waals surface area contributed by atoms with Crippen molar-refractivity contribution in [3.8, 4) is 0 Å². The number of pyridine rings is 1. The Balaban J connectivity index is 1.50. The van der Waals surface area contributed by atoms with Crippen LogP contribution in [-0.2, 0) is 13.0 Å². The second kappa shape index (κ2) is 8.39. The number of anilines is 1. The summed E-state index contributed by atoms with van der Waals surface area (Å²) in [6.07, 6.45) is 0.297. The molecule has 31 heavy (non-hydrogen) atoms. The van der Waals surface area contributed by atoms with E-state index in [1.807, 2.05) is 0 Å². The quantitative estimate of drug-likeness (QED) is 0.512. The number of hydrogen-bond donors (Lipinski definition) is 2. The molecule has 9 heteroatoms. The van der Waals surface area contributed by atoms with Gasteiger partial charge in [-0.3, -0.25) is 9.78 Å². The number of rotatable bonds is 5. The van der Waals surface area contributed by atoms with Crippen LogP contribution in [0.3, 0.4) is 0 Å². The number of nitrogens with zero attached hydrogens (tertiary/aromatic N) is 3. The third-order valence-corrected chi connectivity index (χ3v) is 4.57. The van der Waals surface area contributed by atoms with Crippen molar-refractivity contribution in [1.29, 1.82) is 0 Å². The highest BCUT2D eigenvalue weighted by atomic mass is 19.2. The first kappa shape index (κ1) is 20.3. The Kier molecular flexibility index (Phi) is 5.48. The van der Waals surface area contributed by atoms with Gasteiger partial charge in [0.05, 0.1) is 12.2 Å². The molecule has 4 rings (SSSR count). The second-order valence-corrected chi connectivity index (χ2v) is 6.79. The molecule has 6 nitrogen and oxygen atoms in total. The van der Waals surface area contributed by atoms with Crippen LogP contribution < -0.4 is 11.1 Å². The molecule has 2 heterocycles. The van der Waals surface area contributed by atoms with Crippen LogP contribution >= 0.6 is 0 Å². The van der Waals surface area contributed by atoms with Gasteiger partial charge < -0.3 is 11.1 Å². The molecule has 0 saturated carbocycles. The zero-order valence-corrected chi connectivity index (χ0v) is 16.1. The number of hydrogen-bond acceptors (Lipinski definition) is 5. The number of benzene rings is 2. The Hall–Kier alpha value is -4.01. The lowest BCUT2D eigenvalue weighted by Crippen LogP contribution is -2.25. The fourth-order valence-corrected chi connectivity index (χ4v) is 3.15. The molecule has 0 bridgehead atoms. The lowest BCUT2D eigenvalue weighted by atomic mass is 10.1. The molecule has 156 valence electrons. The van der Waals surface area contributed by atoms with Crippen molar-refractivity contribution in [1.82, 2.24) is 20.3 Å². The van der Waals surface area contributed by atoms with Gasteiger partial charge in [-0.2, -0.15) is 0 Å². The highest BCUT2D eigenvalue weighted by molar-refractivity contribution is 6.04. The molecular weight excluding hydrogens is 407 g/mol. The first-order chi connectivity index (χ1) is 14.9. The fourth-order valence-electron chi connectivity index (χ4n) is 3.15. The zero-order valence-electron chi connectivity index (χ0n) is 16.1. The molecule has 0 aliphatic carbocycles. The van der Waals surface area contributed by atoms with Crippen LogP contribution in [0.15, 0.2) is 54.6 Å². The Morgan fingerprint density at radius 2 is 1.65 bits per heavy atom. The molecule has 0 radical (unpaired) electrons. The standard InChI is InChI=1S/C22H16F3N5O/c23-16-8-7-12(10-18(16)25)9-13-3-1-4-14(28-13)11-27-21(31)20-15-5-2-6-17(24)19(15)29-22(26)30-20/h1-8,10H,9,11H2,(H,27,31)(H2,26,29,30). The first-order valence-electron chi connectivity index (χ1n) is 9.29. The Bertz CT molecular complexity index is 1300. The molecule has 0 spiro atoms. The smallest absolute Gasteiger partial charge is 0.271 e. The minimum absolute atomic E-state index is 0.0354. The molecule has 0 atom stereocenters. The van der Waals surface area contributed by atoms with Crippen molar-refractivity contribution in [2.75, 3.05) is 5.73 Å². The predicted molar refractivity (Wildman–Crippen MR) is 108 cm³/mol. The van der Waals surface area contributed by atoms with E-state index in [-0.39, 0.29) is 29.1 Å². The number of nitrogens with two attached hydrogens (primary N) is 1. The van der Waals surface area contributed by atoms with Crippen LogP contribution in [0.25, 0.3) is 10.9 Å². The van der Waals surface area contributed by atoms with Gasteiger partial charge in [0.2, 0.25) is 5.95 Å². The fraction of sp³-hybridized carbons (Fsp3) is 0.0909. The maximum Gasteiger partial charge on any atom is 0.271 e. The largest absolute Gasteiger partial charge is 0.368 e. The number of aromatic nitrogens is 3. The molecule has 0 aliphatic rings. The van der Waals surface area contributed by atoms with E-state index in [1.165, 1.54) is 24.3 Å². The summed E-state index contributed by atoms with van der Waals surface area (Å²) in [4.78, 5) is 24.9. The highest BCUT2D eigenvalue weighted by Crippen LogP contribution is 2.20. The van der Waals surface area contributed by atoms with Crippen molar-refractivity contribution in [2.45, 2.75) is 13.0 Å².